The third-order valence-corrected chi connectivity index (χ3v) is 6.44. The first-order valence-electron chi connectivity index (χ1n) is 10.0. The number of fused-ring (bicyclic) bond motifs is 5. The van der Waals surface area contributed by atoms with Crippen LogP contribution in [0.5, 0.6) is 5.75 Å². The number of halogens is 3. The summed E-state index contributed by atoms with van der Waals surface area (Å²) >= 11 is 1.39. The largest absolute Gasteiger partial charge is 0.573 e. The number of ether oxygens (including phenoxy) is 1. The number of rotatable bonds is 3. The SMILES string of the molecule is C=Cc1cc(-c2ccc3c(ccc4sc5c(c43)NC[C@@H](C)NC5=O)n2)c(OC(F)(F)F)cn1. The van der Waals surface area contributed by atoms with Gasteiger partial charge in [0.25, 0.3) is 5.91 Å². The maximum atomic E-state index is 12.9. The van der Waals surface area contributed by atoms with Gasteiger partial charge in [0.15, 0.2) is 5.75 Å². The first-order chi connectivity index (χ1) is 15.7. The fourth-order valence-electron chi connectivity index (χ4n) is 3.85. The zero-order valence-electron chi connectivity index (χ0n) is 17.3. The van der Waals surface area contributed by atoms with Crippen LogP contribution in [0, 0.1) is 0 Å². The van der Waals surface area contributed by atoms with E-state index in [1.54, 1.807) is 18.2 Å². The fourth-order valence-corrected chi connectivity index (χ4v) is 4.95. The van der Waals surface area contributed by atoms with Crippen molar-refractivity contribution < 1.29 is 22.7 Å². The second kappa shape index (κ2) is 7.73. The number of thiophene rings is 1. The monoisotopic (exact) mass is 470 g/mol. The Bertz CT molecular complexity index is 1430. The van der Waals surface area contributed by atoms with Crippen LogP contribution < -0.4 is 15.4 Å². The molecule has 6 nitrogen and oxygen atoms in total. The molecule has 168 valence electrons. The highest BCUT2D eigenvalue weighted by molar-refractivity contribution is 7.21. The molecule has 10 heteroatoms. The minimum absolute atomic E-state index is 0.0235. The molecule has 0 bridgehead atoms. The van der Waals surface area contributed by atoms with Gasteiger partial charge in [-0.15, -0.1) is 24.5 Å². The number of nitrogens with zero attached hydrogens (tertiary/aromatic N) is 2. The van der Waals surface area contributed by atoms with Crippen molar-refractivity contribution in [1.82, 2.24) is 15.3 Å². The van der Waals surface area contributed by atoms with Gasteiger partial charge in [0, 0.05) is 33.6 Å². The normalized spacial score (nSPS) is 16.1. The highest BCUT2D eigenvalue weighted by Gasteiger charge is 2.33. The molecule has 1 aromatic carbocycles. The Morgan fingerprint density at radius 2 is 2.09 bits per heavy atom. The van der Waals surface area contributed by atoms with Crippen molar-refractivity contribution in [3.8, 4) is 17.0 Å². The molecule has 0 saturated heterocycles. The van der Waals surface area contributed by atoms with Gasteiger partial charge in [-0.1, -0.05) is 6.58 Å². The molecule has 5 rings (SSSR count). The Labute approximate surface area is 190 Å². The van der Waals surface area contributed by atoms with Gasteiger partial charge in [-0.25, -0.2) is 4.98 Å². The Morgan fingerprint density at radius 1 is 1.27 bits per heavy atom. The number of hydrogen-bond donors (Lipinski definition) is 2. The summed E-state index contributed by atoms with van der Waals surface area (Å²) in [5, 5.41) is 7.95. The molecule has 2 N–H and O–H groups in total. The molecule has 1 atom stereocenters. The number of benzene rings is 1. The maximum Gasteiger partial charge on any atom is 0.573 e. The van der Waals surface area contributed by atoms with Crippen molar-refractivity contribution in [2.24, 2.45) is 0 Å². The lowest BCUT2D eigenvalue weighted by Gasteiger charge is -2.14. The van der Waals surface area contributed by atoms with Gasteiger partial charge in [-0.3, -0.25) is 9.78 Å². The molecule has 4 aromatic rings. The molecular formula is C23H17F3N4O2S. The highest BCUT2D eigenvalue weighted by Crippen LogP contribution is 2.42. The van der Waals surface area contributed by atoms with Crippen molar-refractivity contribution in [2.75, 3.05) is 11.9 Å². The summed E-state index contributed by atoms with van der Waals surface area (Å²) < 4.78 is 43.9. The van der Waals surface area contributed by atoms with Gasteiger partial charge < -0.3 is 15.4 Å². The third kappa shape index (κ3) is 3.86. The zero-order valence-corrected chi connectivity index (χ0v) is 18.1. The number of hydrogen-bond acceptors (Lipinski definition) is 6. The molecule has 4 heterocycles. The molecule has 33 heavy (non-hydrogen) atoms. The minimum Gasteiger partial charge on any atom is -0.403 e. The molecule has 0 aliphatic carbocycles. The van der Waals surface area contributed by atoms with E-state index in [4.69, 9.17) is 0 Å². The molecule has 0 fully saturated rings. The van der Waals surface area contributed by atoms with E-state index < -0.39 is 12.1 Å². The van der Waals surface area contributed by atoms with Crippen LogP contribution in [0.3, 0.4) is 0 Å². The number of carbonyl (C=O) groups excluding carboxylic acids is 1. The minimum atomic E-state index is -4.87. The second-order valence-electron chi connectivity index (χ2n) is 7.62. The standard InChI is InChI=1S/C23H17F3N4O2S/c1-3-12-8-14(17(10-27-12)32-23(24,25)26)16-5-4-13-15(30-16)6-7-18-19(13)20-21(33-18)22(31)29-11(2)9-28-20/h3-8,10-11,28H,1,9H2,2H3,(H,29,31)/t11-/m1/s1. The summed E-state index contributed by atoms with van der Waals surface area (Å²) in [4.78, 5) is 21.7. The smallest absolute Gasteiger partial charge is 0.403 e. The van der Waals surface area contributed by atoms with E-state index in [1.165, 1.54) is 23.5 Å². The molecule has 0 radical (unpaired) electrons. The van der Waals surface area contributed by atoms with Crippen molar-refractivity contribution in [3.63, 3.8) is 0 Å². The summed E-state index contributed by atoms with van der Waals surface area (Å²) in [5.74, 6) is -0.582. The zero-order chi connectivity index (χ0) is 23.3. The molecular weight excluding hydrogens is 453 g/mol. The van der Waals surface area contributed by atoms with Crippen LogP contribution in [-0.4, -0.2) is 34.8 Å². The van der Waals surface area contributed by atoms with Gasteiger partial charge in [0.1, 0.15) is 4.88 Å². The van der Waals surface area contributed by atoms with Gasteiger partial charge in [-0.2, -0.15) is 0 Å². The number of carbonyl (C=O) groups is 1. The van der Waals surface area contributed by atoms with Crippen molar-refractivity contribution in [3.05, 3.63) is 53.7 Å². The highest BCUT2D eigenvalue weighted by atomic mass is 32.1. The quantitative estimate of drug-likeness (QED) is 0.408. The van der Waals surface area contributed by atoms with Crippen LogP contribution in [0.2, 0.25) is 0 Å². The Kier molecular flexibility index (Phi) is 4.97. The molecule has 1 aliphatic heterocycles. The van der Waals surface area contributed by atoms with Crippen LogP contribution in [0.4, 0.5) is 18.9 Å². The predicted molar refractivity (Wildman–Crippen MR) is 123 cm³/mol. The summed E-state index contributed by atoms with van der Waals surface area (Å²) in [6.07, 6.45) is -2.42. The van der Waals surface area contributed by atoms with Crippen LogP contribution >= 0.6 is 11.3 Å². The topological polar surface area (TPSA) is 76.1 Å². The number of nitrogens with one attached hydrogen (secondary N) is 2. The maximum absolute atomic E-state index is 12.9. The van der Waals surface area contributed by atoms with Crippen molar-refractivity contribution in [1.29, 1.82) is 0 Å². The Hall–Kier alpha value is -3.66. The summed E-state index contributed by atoms with van der Waals surface area (Å²) in [6.45, 7) is 6.12. The van der Waals surface area contributed by atoms with E-state index in [0.717, 1.165) is 27.4 Å². The number of anilines is 1. The van der Waals surface area contributed by atoms with Gasteiger partial charge in [-0.05, 0) is 43.3 Å². The lowest BCUT2D eigenvalue weighted by atomic mass is 10.1. The van der Waals surface area contributed by atoms with E-state index in [0.29, 0.717) is 28.3 Å². The van der Waals surface area contributed by atoms with E-state index in [-0.39, 0.29) is 17.5 Å². The summed E-state index contributed by atoms with van der Waals surface area (Å²) in [6, 6.07) is 8.51. The Morgan fingerprint density at radius 3 is 2.85 bits per heavy atom. The summed E-state index contributed by atoms with van der Waals surface area (Å²) in [7, 11) is 0. The van der Waals surface area contributed by atoms with Gasteiger partial charge >= 0.3 is 6.36 Å². The van der Waals surface area contributed by atoms with Crippen molar-refractivity contribution in [2.45, 2.75) is 19.3 Å². The molecule has 3 aromatic heterocycles. The van der Waals surface area contributed by atoms with Crippen LogP contribution in [0.15, 0.2) is 43.1 Å². The number of alkyl halides is 3. The van der Waals surface area contributed by atoms with E-state index in [1.807, 2.05) is 13.0 Å². The first kappa shape index (κ1) is 21.2. The second-order valence-corrected chi connectivity index (χ2v) is 8.67. The van der Waals surface area contributed by atoms with Gasteiger partial charge in [0.2, 0.25) is 0 Å². The molecule has 1 amide bonds. The molecule has 0 saturated carbocycles. The Balaban J connectivity index is 1.68. The summed E-state index contributed by atoms with van der Waals surface area (Å²) in [5.41, 5.74) is 2.16. The van der Waals surface area contributed by atoms with E-state index in [9.17, 15) is 18.0 Å². The van der Waals surface area contributed by atoms with Crippen molar-refractivity contribution >= 4 is 50.0 Å². The average molecular weight is 470 g/mol. The van der Waals surface area contributed by atoms with Crippen LogP contribution in [0.25, 0.3) is 38.3 Å². The van der Waals surface area contributed by atoms with Crippen LogP contribution in [0.1, 0.15) is 22.3 Å². The van der Waals surface area contributed by atoms with Crippen LogP contribution in [-0.2, 0) is 0 Å². The lowest BCUT2D eigenvalue weighted by molar-refractivity contribution is -0.274. The van der Waals surface area contributed by atoms with Gasteiger partial charge in [0.05, 0.1) is 28.8 Å². The number of pyridine rings is 2. The average Bonchev–Trinajstić information content (AvgIpc) is 3.09. The lowest BCUT2D eigenvalue weighted by Crippen LogP contribution is -2.34. The third-order valence-electron chi connectivity index (χ3n) is 5.29. The molecule has 1 aliphatic rings. The number of amides is 1. The molecule has 0 unspecified atom stereocenters. The fraction of sp³-hybridized carbons (Fsp3) is 0.174. The predicted octanol–water partition coefficient (Wildman–Crippen LogP) is 5.60. The van der Waals surface area contributed by atoms with E-state index in [2.05, 4.69) is 31.9 Å². The molecule has 0 spiro atoms. The number of aromatic nitrogens is 2. The van der Waals surface area contributed by atoms with E-state index >= 15 is 0 Å². The first-order valence-corrected chi connectivity index (χ1v) is 10.8.